The molecule has 0 bridgehead atoms. The van der Waals surface area contributed by atoms with Crippen LogP contribution < -0.4 is 11.1 Å². The van der Waals surface area contributed by atoms with Gasteiger partial charge >= 0.3 is 0 Å². The molecule has 1 rings (SSSR count). The molecule has 8 heteroatoms. The van der Waals surface area contributed by atoms with Crippen molar-refractivity contribution in [3.8, 4) is 0 Å². The number of aryl methyl sites for hydroxylation is 1. The Kier molecular flexibility index (Phi) is 9.54. The summed E-state index contributed by atoms with van der Waals surface area (Å²) in [5, 5.41) is 2.97. The van der Waals surface area contributed by atoms with Crippen molar-refractivity contribution in [2.24, 2.45) is 10.7 Å². The van der Waals surface area contributed by atoms with E-state index in [1.54, 1.807) is 0 Å². The maximum Gasteiger partial charge on any atom is 0.193 e. The SMILES string of the molecule is Cc1cccc(NC(N)=NCCOCCS(C)(=O)=O)c1.I. The van der Waals surface area contributed by atoms with Gasteiger partial charge in [0.2, 0.25) is 0 Å². The van der Waals surface area contributed by atoms with Crippen LogP contribution in [0.3, 0.4) is 0 Å². The molecule has 0 saturated carbocycles. The third-order valence-corrected chi connectivity index (χ3v) is 3.31. The van der Waals surface area contributed by atoms with Crippen LogP contribution in [0.5, 0.6) is 0 Å². The van der Waals surface area contributed by atoms with Gasteiger partial charge < -0.3 is 15.8 Å². The zero-order valence-corrected chi connectivity index (χ0v) is 15.4. The van der Waals surface area contributed by atoms with E-state index in [1.165, 1.54) is 6.26 Å². The molecule has 6 nitrogen and oxygen atoms in total. The zero-order chi connectivity index (χ0) is 15.0. The molecule has 0 aliphatic rings. The number of hydrogen-bond acceptors (Lipinski definition) is 4. The van der Waals surface area contributed by atoms with Gasteiger partial charge in [0.25, 0.3) is 0 Å². The van der Waals surface area contributed by atoms with Gasteiger partial charge in [0, 0.05) is 11.9 Å². The Labute approximate surface area is 143 Å². The van der Waals surface area contributed by atoms with Crippen LogP contribution in [0.1, 0.15) is 5.56 Å². The maximum absolute atomic E-state index is 10.9. The lowest BCUT2D eigenvalue weighted by atomic mass is 10.2. The van der Waals surface area contributed by atoms with Gasteiger partial charge in [0.15, 0.2) is 5.96 Å². The summed E-state index contributed by atoms with van der Waals surface area (Å²) in [5.41, 5.74) is 7.74. The number of nitrogens with zero attached hydrogens (tertiary/aromatic N) is 1. The topological polar surface area (TPSA) is 93.8 Å². The van der Waals surface area contributed by atoms with Crippen molar-refractivity contribution in [3.63, 3.8) is 0 Å². The highest BCUT2D eigenvalue weighted by molar-refractivity contribution is 14.0. The number of aliphatic imine (C=N–C) groups is 1. The Morgan fingerprint density at radius 1 is 1.38 bits per heavy atom. The lowest BCUT2D eigenvalue weighted by Gasteiger charge is -2.06. The van der Waals surface area contributed by atoms with E-state index in [2.05, 4.69) is 10.3 Å². The highest BCUT2D eigenvalue weighted by atomic mass is 127. The number of nitrogens with two attached hydrogens (primary N) is 1. The minimum absolute atomic E-state index is 0. The van der Waals surface area contributed by atoms with Gasteiger partial charge in [0.05, 0.1) is 25.5 Å². The Hall–Kier alpha value is -0.870. The van der Waals surface area contributed by atoms with E-state index < -0.39 is 9.84 Å². The molecule has 1 aromatic carbocycles. The summed E-state index contributed by atoms with van der Waals surface area (Å²) in [7, 11) is -2.97. The fourth-order valence-corrected chi connectivity index (χ4v) is 1.87. The first-order valence-corrected chi connectivity index (χ1v) is 8.32. The van der Waals surface area contributed by atoms with Crippen molar-refractivity contribution in [2.75, 3.05) is 37.1 Å². The average Bonchev–Trinajstić information content (AvgIpc) is 2.32. The van der Waals surface area contributed by atoms with Crippen molar-refractivity contribution in [3.05, 3.63) is 29.8 Å². The third kappa shape index (κ3) is 10.5. The number of nitrogens with one attached hydrogen (secondary N) is 1. The van der Waals surface area contributed by atoms with Gasteiger partial charge in [0.1, 0.15) is 9.84 Å². The van der Waals surface area contributed by atoms with Crippen LogP contribution in [0.25, 0.3) is 0 Å². The molecular weight excluding hydrogens is 405 g/mol. The standard InChI is InChI=1S/C13H21N3O3S.HI/c1-11-4-3-5-12(10-11)16-13(14)15-6-7-19-8-9-20(2,17)18;/h3-5,10H,6-9H2,1-2H3,(H3,14,15,16);1H. The van der Waals surface area contributed by atoms with Crippen LogP contribution in [-0.4, -0.2) is 46.1 Å². The van der Waals surface area contributed by atoms with Gasteiger partial charge in [-0.3, -0.25) is 4.99 Å². The van der Waals surface area contributed by atoms with E-state index in [0.29, 0.717) is 19.1 Å². The smallest absolute Gasteiger partial charge is 0.193 e. The van der Waals surface area contributed by atoms with E-state index in [4.69, 9.17) is 10.5 Å². The van der Waals surface area contributed by atoms with Crippen molar-refractivity contribution < 1.29 is 13.2 Å². The molecule has 0 fully saturated rings. The number of anilines is 1. The Morgan fingerprint density at radius 2 is 2.10 bits per heavy atom. The maximum atomic E-state index is 10.9. The molecule has 0 radical (unpaired) electrons. The van der Waals surface area contributed by atoms with E-state index >= 15 is 0 Å². The molecule has 1 aromatic rings. The van der Waals surface area contributed by atoms with Gasteiger partial charge in [-0.15, -0.1) is 24.0 Å². The molecule has 0 spiro atoms. The average molecular weight is 427 g/mol. The molecule has 0 aromatic heterocycles. The van der Waals surface area contributed by atoms with Gasteiger partial charge in [-0.2, -0.15) is 0 Å². The molecule has 3 N–H and O–H groups in total. The summed E-state index contributed by atoms with van der Waals surface area (Å²) < 4.78 is 26.9. The molecule has 0 unspecified atom stereocenters. The van der Waals surface area contributed by atoms with Gasteiger partial charge in [-0.1, -0.05) is 12.1 Å². The van der Waals surface area contributed by atoms with Crippen molar-refractivity contribution in [1.82, 2.24) is 0 Å². The Balaban J connectivity index is 0.00000400. The van der Waals surface area contributed by atoms with Crippen molar-refractivity contribution in [1.29, 1.82) is 0 Å². The first-order valence-electron chi connectivity index (χ1n) is 6.26. The highest BCUT2D eigenvalue weighted by Gasteiger charge is 2.00. The molecule has 0 heterocycles. The van der Waals surface area contributed by atoms with Crippen molar-refractivity contribution >= 4 is 45.5 Å². The first kappa shape index (κ1) is 20.1. The second kappa shape index (κ2) is 9.96. The van der Waals surface area contributed by atoms with Crippen LogP contribution in [0.2, 0.25) is 0 Å². The number of halogens is 1. The molecular formula is C13H22IN3O3S. The molecule has 0 atom stereocenters. The number of guanidine groups is 1. The van der Waals surface area contributed by atoms with Crippen LogP contribution in [0.15, 0.2) is 29.3 Å². The summed E-state index contributed by atoms with van der Waals surface area (Å²) >= 11 is 0. The lowest BCUT2D eigenvalue weighted by molar-refractivity contribution is 0.157. The Bertz CT molecular complexity index is 562. The van der Waals surface area contributed by atoms with Gasteiger partial charge in [-0.05, 0) is 24.6 Å². The summed E-state index contributed by atoms with van der Waals surface area (Å²) in [6, 6.07) is 7.79. The summed E-state index contributed by atoms with van der Waals surface area (Å²) in [5.74, 6) is 0.329. The lowest BCUT2D eigenvalue weighted by Crippen LogP contribution is -2.23. The number of ether oxygens (including phenoxy) is 1. The monoisotopic (exact) mass is 427 g/mol. The predicted molar refractivity (Wildman–Crippen MR) is 97.2 cm³/mol. The zero-order valence-electron chi connectivity index (χ0n) is 12.2. The minimum Gasteiger partial charge on any atom is -0.378 e. The second-order valence-corrected chi connectivity index (χ2v) is 6.76. The van der Waals surface area contributed by atoms with Crippen LogP contribution in [-0.2, 0) is 14.6 Å². The fourth-order valence-electron chi connectivity index (χ4n) is 1.45. The molecule has 0 saturated heterocycles. The molecule has 120 valence electrons. The molecule has 21 heavy (non-hydrogen) atoms. The number of benzene rings is 1. The van der Waals surface area contributed by atoms with E-state index in [0.717, 1.165) is 11.3 Å². The van der Waals surface area contributed by atoms with Crippen LogP contribution in [0.4, 0.5) is 5.69 Å². The first-order chi connectivity index (χ1) is 9.37. The summed E-state index contributed by atoms with van der Waals surface area (Å²) in [4.78, 5) is 4.09. The molecule has 0 amide bonds. The van der Waals surface area contributed by atoms with Crippen LogP contribution in [0, 0.1) is 6.92 Å². The predicted octanol–water partition coefficient (Wildman–Crippen LogP) is 1.40. The number of rotatable bonds is 7. The number of hydrogen-bond donors (Lipinski definition) is 2. The number of sulfone groups is 1. The van der Waals surface area contributed by atoms with E-state index in [-0.39, 0.29) is 36.3 Å². The van der Waals surface area contributed by atoms with Crippen LogP contribution >= 0.6 is 24.0 Å². The minimum atomic E-state index is -2.97. The second-order valence-electron chi connectivity index (χ2n) is 4.50. The van der Waals surface area contributed by atoms with E-state index in [9.17, 15) is 8.42 Å². The van der Waals surface area contributed by atoms with Crippen molar-refractivity contribution in [2.45, 2.75) is 6.92 Å². The van der Waals surface area contributed by atoms with E-state index in [1.807, 2.05) is 31.2 Å². The quantitative estimate of drug-likeness (QED) is 0.297. The summed E-state index contributed by atoms with van der Waals surface area (Å²) in [6.45, 7) is 2.90. The van der Waals surface area contributed by atoms with Gasteiger partial charge in [-0.25, -0.2) is 8.42 Å². The highest BCUT2D eigenvalue weighted by Crippen LogP contribution is 2.08. The molecule has 0 aliphatic heterocycles. The summed E-state index contributed by atoms with van der Waals surface area (Å²) in [6.07, 6.45) is 1.18. The Morgan fingerprint density at radius 3 is 2.71 bits per heavy atom. The normalized spacial score (nSPS) is 11.8. The molecule has 0 aliphatic carbocycles. The third-order valence-electron chi connectivity index (χ3n) is 2.41. The largest absolute Gasteiger partial charge is 0.378 e. The fraction of sp³-hybridized carbons (Fsp3) is 0.462.